The van der Waals surface area contributed by atoms with Gasteiger partial charge in [-0.2, -0.15) is 11.8 Å². The molecule has 0 radical (unpaired) electrons. The number of thioether (sulfide) groups is 1. The molecular weight excluding hydrogens is 164 g/mol. The molecule has 1 heterocycles. The van der Waals surface area contributed by atoms with Crippen molar-refractivity contribution in [1.82, 2.24) is 0 Å². The Hall–Kier alpha value is 0.0900. The van der Waals surface area contributed by atoms with Gasteiger partial charge in [0.25, 0.3) is 0 Å². The number of rotatable bonds is 1. The Morgan fingerprint density at radius 3 is 2.17 bits per heavy atom. The van der Waals surface area contributed by atoms with E-state index in [0.29, 0.717) is 0 Å². The van der Waals surface area contributed by atoms with Crippen molar-refractivity contribution in [1.29, 1.82) is 0 Å². The fourth-order valence-corrected chi connectivity index (χ4v) is 2.75. The van der Waals surface area contributed by atoms with Crippen LogP contribution in [0.15, 0.2) is 11.1 Å². The highest BCUT2D eigenvalue weighted by molar-refractivity contribution is 7.99. The Balaban J connectivity index is 0.000000561. The van der Waals surface area contributed by atoms with Gasteiger partial charge in [-0.3, -0.25) is 0 Å². The second kappa shape index (κ2) is 6.59. The molecule has 1 heteroatoms. The number of hydrogen-bond acceptors (Lipinski definition) is 1. The van der Waals surface area contributed by atoms with Gasteiger partial charge in [0.15, 0.2) is 0 Å². The van der Waals surface area contributed by atoms with E-state index in [-0.39, 0.29) is 0 Å². The second-order valence-electron chi connectivity index (χ2n) is 3.26. The molecule has 1 rings (SSSR count). The molecule has 0 bridgehead atoms. The molecule has 1 aliphatic heterocycles. The van der Waals surface area contributed by atoms with Crippen LogP contribution in [-0.4, -0.2) is 11.5 Å². The van der Waals surface area contributed by atoms with E-state index in [0.717, 1.165) is 5.92 Å². The first-order valence-corrected chi connectivity index (χ1v) is 6.13. The maximum absolute atomic E-state index is 2.30. The zero-order valence-corrected chi connectivity index (χ0v) is 9.92. The highest BCUT2D eigenvalue weighted by Gasteiger charge is 2.11. The van der Waals surface area contributed by atoms with E-state index >= 15 is 0 Å². The predicted octanol–water partition coefficient (Wildman–Crippen LogP) is 4.12. The standard InChI is InChI=1S/C9H16S.C2H6/c1-7(2)9-6-10-5-4-8(9)3;1-2/h7H,4-6H2,1-3H3;1-2H3. The summed E-state index contributed by atoms with van der Waals surface area (Å²) >= 11 is 2.08. The van der Waals surface area contributed by atoms with Gasteiger partial charge in [-0.1, -0.05) is 38.8 Å². The van der Waals surface area contributed by atoms with Gasteiger partial charge < -0.3 is 0 Å². The molecule has 0 fully saturated rings. The highest BCUT2D eigenvalue weighted by atomic mass is 32.2. The van der Waals surface area contributed by atoms with E-state index in [1.807, 2.05) is 13.8 Å². The van der Waals surface area contributed by atoms with Crippen LogP contribution in [0.2, 0.25) is 0 Å². The van der Waals surface area contributed by atoms with Crippen LogP contribution in [0.5, 0.6) is 0 Å². The van der Waals surface area contributed by atoms with Crippen molar-refractivity contribution < 1.29 is 0 Å². The first-order chi connectivity index (χ1) is 5.72. The summed E-state index contributed by atoms with van der Waals surface area (Å²) in [4.78, 5) is 0. The van der Waals surface area contributed by atoms with Crippen LogP contribution < -0.4 is 0 Å². The molecule has 0 saturated heterocycles. The van der Waals surface area contributed by atoms with E-state index < -0.39 is 0 Å². The summed E-state index contributed by atoms with van der Waals surface area (Å²) in [5, 5.41) is 0. The van der Waals surface area contributed by atoms with Crippen molar-refractivity contribution in [2.24, 2.45) is 5.92 Å². The fourth-order valence-electron chi connectivity index (χ4n) is 1.35. The summed E-state index contributed by atoms with van der Waals surface area (Å²) in [7, 11) is 0. The molecule has 0 aromatic rings. The number of allylic oxidation sites excluding steroid dienone is 1. The van der Waals surface area contributed by atoms with E-state index in [4.69, 9.17) is 0 Å². The zero-order valence-electron chi connectivity index (χ0n) is 9.11. The van der Waals surface area contributed by atoms with Crippen LogP contribution in [0, 0.1) is 5.92 Å². The molecular formula is C11H22S. The largest absolute Gasteiger partial charge is 0.157 e. The summed E-state index contributed by atoms with van der Waals surface area (Å²) in [6.07, 6.45) is 1.32. The van der Waals surface area contributed by atoms with E-state index in [1.54, 1.807) is 11.1 Å². The Labute approximate surface area is 81.8 Å². The summed E-state index contributed by atoms with van der Waals surface area (Å²) < 4.78 is 0. The first-order valence-electron chi connectivity index (χ1n) is 4.98. The quantitative estimate of drug-likeness (QED) is 0.555. The minimum Gasteiger partial charge on any atom is -0.157 e. The average Bonchev–Trinajstić information content (AvgIpc) is 2.08. The molecule has 0 saturated carbocycles. The van der Waals surface area contributed by atoms with Crippen LogP contribution in [0.25, 0.3) is 0 Å². The number of hydrogen-bond donors (Lipinski definition) is 0. The summed E-state index contributed by atoms with van der Waals surface area (Å²) in [5.41, 5.74) is 3.34. The molecule has 12 heavy (non-hydrogen) atoms. The minimum atomic E-state index is 0.771. The van der Waals surface area contributed by atoms with Gasteiger partial charge in [0, 0.05) is 5.75 Å². The zero-order chi connectivity index (χ0) is 9.56. The van der Waals surface area contributed by atoms with Gasteiger partial charge in [-0.25, -0.2) is 0 Å². The van der Waals surface area contributed by atoms with Crippen LogP contribution in [0.3, 0.4) is 0 Å². The van der Waals surface area contributed by atoms with Crippen LogP contribution in [0.1, 0.15) is 41.0 Å². The SMILES string of the molecule is CC.CC1=C(C(C)C)CSCC1. The third-order valence-electron chi connectivity index (χ3n) is 2.12. The summed E-state index contributed by atoms with van der Waals surface area (Å²) in [6, 6.07) is 0. The van der Waals surface area contributed by atoms with E-state index in [2.05, 4.69) is 32.5 Å². The van der Waals surface area contributed by atoms with Crippen LogP contribution in [-0.2, 0) is 0 Å². The molecule has 0 aromatic carbocycles. The van der Waals surface area contributed by atoms with Crippen molar-refractivity contribution in [3.05, 3.63) is 11.1 Å². The normalized spacial score (nSPS) is 17.5. The van der Waals surface area contributed by atoms with Gasteiger partial charge >= 0.3 is 0 Å². The Kier molecular flexibility index (Phi) is 6.64. The Bertz CT molecular complexity index is 145. The summed E-state index contributed by atoms with van der Waals surface area (Å²) in [6.45, 7) is 10.9. The molecule has 0 aromatic heterocycles. The summed E-state index contributed by atoms with van der Waals surface area (Å²) in [5.74, 6) is 3.39. The molecule has 0 atom stereocenters. The maximum Gasteiger partial charge on any atom is 0.0148 e. The lowest BCUT2D eigenvalue weighted by atomic mass is 9.98. The lowest BCUT2D eigenvalue weighted by Gasteiger charge is -2.20. The lowest BCUT2D eigenvalue weighted by Crippen LogP contribution is -2.06. The van der Waals surface area contributed by atoms with E-state index in [9.17, 15) is 0 Å². The van der Waals surface area contributed by atoms with Crippen molar-refractivity contribution in [3.63, 3.8) is 0 Å². The topological polar surface area (TPSA) is 0 Å². The van der Waals surface area contributed by atoms with Crippen molar-refractivity contribution in [3.8, 4) is 0 Å². The first kappa shape index (κ1) is 12.1. The molecule has 1 aliphatic rings. The van der Waals surface area contributed by atoms with Crippen LogP contribution in [0.4, 0.5) is 0 Å². The Morgan fingerprint density at radius 2 is 1.83 bits per heavy atom. The second-order valence-corrected chi connectivity index (χ2v) is 4.37. The van der Waals surface area contributed by atoms with Crippen molar-refractivity contribution in [2.75, 3.05) is 11.5 Å². The fraction of sp³-hybridized carbons (Fsp3) is 0.818. The molecule has 0 amide bonds. The van der Waals surface area contributed by atoms with Gasteiger partial charge in [-0.05, 0) is 25.0 Å². The third-order valence-corrected chi connectivity index (χ3v) is 3.13. The minimum absolute atomic E-state index is 0.771. The monoisotopic (exact) mass is 186 g/mol. The van der Waals surface area contributed by atoms with Crippen LogP contribution >= 0.6 is 11.8 Å². The maximum atomic E-state index is 2.30. The molecule has 0 unspecified atom stereocenters. The molecule has 0 N–H and O–H groups in total. The van der Waals surface area contributed by atoms with Gasteiger partial charge in [0.2, 0.25) is 0 Å². The van der Waals surface area contributed by atoms with Crippen molar-refractivity contribution in [2.45, 2.75) is 41.0 Å². The van der Waals surface area contributed by atoms with E-state index in [1.165, 1.54) is 17.9 Å². The smallest absolute Gasteiger partial charge is 0.0148 e. The lowest BCUT2D eigenvalue weighted by molar-refractivity contribution is 0.747. The average molecular weight is 186 g/mol. The molecule has 0 spiro atoms. The third kappa shape index (κ3) is 3.66. The molecule has 0 aliphatic carbocycles. The van der Waals surface area contributed by atoms with Crippen molar-refractivity contribution >= 4 is 11.8 Å². The predicted molar refractivity (Wildman–Crippen MR) is 60.8 cm³/mol. The Morgan fingerprint density at radius 1 is 1.25 bits per heavy atom. The molecule has 0 nitrogen and oxygen atoms in total. The van der Waals surface area contributed by atoms with Gasteiger partial charge in [0.1, 0.15) is 0 Å². The highest BCUT2D eigenvalue weighted by Crippen LogP contribution is 2.27. The van der Waals surface area contributed by atoms with Gasteiger partial charge in [-0.15, -0.1) is 0 Å². The van der Waals surface area contributed by atoms with Gasteiger partial charge in [0.05, 0.1) is 0 Å². The molecule has 72 valence electrons.